The predicted molar refractivity (Wildman–Crippen MR) is 102 cm³/mol. The van der Waals surface area contributed by atoms with Gasteiger partial charge in [-0.15, -0.1) is 0 Å². The van der Waals surface area contributed by atoms with E-state index in [0.29, 0.717) is 18.5 Å². The number of rotatable bonds is 6. The molecule has 0 radical (unpaired) electrons. The molecule has 3 rings (SSSR count). The Morgan fingerprint density at radius 3 is 2.52 bits per heavy atom. The van der Waals surface area contributed by atoms with Gasteiger partial charge in [-0.2, -0.15) is 0 Å². The fourth-order valence-corrected chi connectivity index (χ4v) is 3.96. The average Bonchev–Trinajstić information content (AvgIpc) is 2.67. The maximum atomic E-state index is 12.2. The number of carbonyl (C=O) groups is 1. The third-order valence-electron chi connectivity index (χ3n) is 5.53. The lowest BCUT2D eigenvalue weighted by Crippen LogP contribution is -2.39. The number of carbonyl (C=O) groups excluding carboxylic acids is 1. The van der Waals surface area contributed by atoms with Gasteiger partial charge >= 0.3 is 0 Å². The van der Waals surface area contributed by atoms with Crippen LogP contribution in [0.25, 0.3) is 0 Å². The molecule has 0 bridgehead atoms. The van der Waals surface area contributed by atoms with Gasteiger partial charge in [0.05, 0.1) is 17.9 Å². The summed E-state index contributed by atoms with van der Waals surface area (Å²) < 4.78 is 0. The highest BCUT2D eigenvalue weighted by Crippen LogP contribution is 2.29. The Hall–Kier alpha value is -1.75. The van der Waals surface area contributed by atoms with Crippen LogP contribution in [0.3, 0.4) is 0 Å². The van der Waals surface area contributed by atoms with E-state index in [1.165, 1.54) is 19.3 Å². The minimum absolute atomic E-state index is 0.0840. The molecule has 1 amide bonds. The van der Waals surface area contributed by atoms with Crippen LogP contribution in [0.15, 0.2) is 24.3 Å². The summed E-state index contributed by atoms with van der Waals surface area (Å²) in [5, 5.41) is 15.8. The quantitative estimate of drug-likeness (QED) is 0.742. The smallest absolute Gasteiger partial charge is 0.239 e. The van der Waals surface area contributed by atoms with Gasteiger partial charge in [-0.25, -0.2) is 0 Å². The Bertz CT molecular complexity index is 550. The Morgan fingerprint density at radius 2 is 1.80 bits per heavy atom. The van der Waals surface area contributed by atoms with E-state index >= 15 is 0 Å². The Balaban J connectivity index is 1.53. The van der Waals surface area contributed by atoms with Gasteiger partial charge in [0, 0.05) is 25.7 Å². The van der Waals surface area contributed by atoms with Crippen LogP contribution < -0.4 is 15.5 Å². The average molecular weight is 345 g/mol. The van der Waals surface area contributed by atoms with Crippen LogP contribution in [0.5, 0.6) is 0 Å². The largest absolute Gasteiger partial charge is 0.396 e. The Labute approximate surface area is 150 Å². The Morgan fingerprint density at radius 1 is 1.08 bits per heavy atom. The molecule has 1 saturated carbocycles. The van der Waals surface area contributed by atoms with E-state index in [-0.39, 0.29) is 12.5 Å². The minimum atomic E-state index is 0.0840. The second-order valence-electron chi connectivity index (χ2n) is 7.39. The van der Waals surface area contributed by atoms with Crippen molar-refractivity contribution in [3.05, 3.63) is 24.3 Å². The molecule has 2 fully saturated rings. The molecule has 1 aliphatic heterocycles. The monoisotopic (exact) mass is 345 g/mol. The normalized spacial score (nSPS) is 19.6. The maximum Gasteiger partial charge on any atom is 0.239 e. The molecule has 1 aromatic carbocycles. The molecule has 5 heteroatoms. The number of aliphatic hydroxyl groups is 1. The molecule has 1 aromatic rings. The number of anilines is 2. The van der Waals surface area contributed by atoms with Crippen molar-refractivity contribution < 1.29 is 9.90 Å². The van der Waals surface area contributed by atoms with Crippen LogP contribution in [-0.2, 0) is 4.79 Å². The number of para-hydroxylation sites is 2. The van der Waals surface area contributed by atoms with Gasteiger partial charge < -0.3 is 20.6 Å². The number of hydrogen-bond acceptors (Lipinski definition) is 4. The molecule has 0 unspecified atom stereocenters. The summed E-state index contributed by atoms with van der Waals surface area (Å²) in [5.74, 6) is 0.512. The first-order valence-electron chi connectivity index (χ1n) is 9.74. The van der Waals surface area contributed by atoms with Gasteiger partial charge in [-0.3, -0.25) is 4.79 Å². The second kappa shape index (κ2) is 9.09. The lowest BCUT2D eigenvalue weighted by Gasteiger charge is -2.34. The van der Waals surface area contributed by atoms with E-state index in [9.17, 15) is 9.90 Å². The van der Waals surface area contributed by atoms with Gasteiger partial charge in [0.2, 0.25) is 5.91 Å². The van der Waals surface area contributed by atoms with Crippen LogP contribution in [0.4, 0.5) is 11.4 Å². The van der Waals surface area contributed by atoms with Gasteiger partial charge in [0.15, 0.2) is 0 Å². The van der Waals surface area contributed by atoms with Crippen LogP contribution in [0, 0.1) is 5.92 Å². The Kier molecular flexibility index (Phi) is 6.56. The molecule has 0 atom stereocenters. The highest BCUT2D eigenvalue weighted by Gasteiger charge is 2.21. The molecule has 1 aliphatic carbocycles. The van der Waals surface area contributed by atoms with Crippen molar-refractivity contribution in [2.24, 2.45) is 5.92 Å². The van der Waals surface area contributed by atoms with Gasteiger partial charge in [0.1, 0.15) is 0 Å². The molecular weight excluding hydrogens is 314 g/mol. The zero-order valence-electron chi connectivity index (χ0n) is 15.0. The van der Waals surface area contributed by atoms with E-state index < -0.39 is 0 Å². The number of hydrogen-bond donors (Lipinski definition) is 3. The molecule has 1 heterocycles. The van der Waals surface area contributed by atoms with Gasteiger partial charge in [-0.05, 0) is 43.7 Å². The molecule has 25 heavy (non-hydrogen) atoms. The van der Waals surface area contributed by atoms with E-state index in [1.807, 2.05) is 18.2 Å². The summed E-state index contributed by atoms with van der Waals surface area (Å²) in [6.45, 7) is 2.52. The van der Waals surface area contributed by atoms with Gasteiger partial charge in [0.25, 0.3) is 0 Å². The number of amides is 1. The topological polar surface area (TPSA) is 64.6 Å². The lowest BCUT2D eigenvalue weighted by atomic mass is 9.95. The van der Waals surface area contributed by atoms with Crippen molar-refractivity contribution in [1.82, 2.24) is 5.32 Å². The highest BCUT2D eigenvalue weighted by molar-refractivity contribution is 5.83. The zero-order chi connectivity index (χ0) is 17.5. The fourth-order valence-electron chi connectivity index (χ4n) is 3.96. The number of aliphatic hydroxyl groups excluding tert-OH is 1. The van der Waals surface area contributed by atoms with E-state index in [1.54, 1.807) is 0 Å². The molecule has 1 saturated heterocycles. The summed E-state index contributed by atoms with van der Waals surface area (Å²) in [6, 6.07) is 8.56. The second-order valence-corrected chi connectivity index (χ2v) is 7.39. The lowest BCUT2D eigenvalue weighted by molar-refractivity contribution is -0.120. The van der Waals surface area contributed by atoms with Crippen LogP contribution >= 0.6 is 0 Å². The van der Waals surface area contributed by atoms with Crippen LogP contribution in [0.1, 0.15) is 44.9 Å². The van der Waals surface area contributed by atoms with E-state index in [0.717, 1.165) is 50.1 Å². The van der Waals surface area contributed by atoms with Crippen LogP contribution in [-0.4, -0.2) is 43.3 Å². The zero-order valence-corrected chi connectivity index (χ0v) is 15.0. The first kappa shape index (κ1) is 18.1. The maximum absolute atomic E-state index is 12.2. The van der Waals surface area contributed by atoms with Gasteiger partial charge in [-0.1, -0.05) is 31.4 Å². The summed E-state index contributed by atoms with van der Waals surface area (Å²) >= 11 is 0. The molecular formula is C20H31N3O2. The molecule has 138 valence electrons. The number of benzene rings is 1. The van der Waals surface area contributed by atoms with Crippen molar-refractivity contribution in [2.45, 2.75) is 51.0 Å². The molecule has 0 aromatic heterocycles. The standard InChI is InChI=1S/C20H31N3O2/c24-15-16-10-12-23(13-11-16)19-9-5-4-8-18(19)21-14-20(25)22-17-6-2-1-3-7-17/h4-5,8-9,16-17,21,24H,1-3,6-7,10-15H2,(H,22,25). The van der Waals surface area contributed by atoms with Crippen molar-refractivity contribution in [1.29, 1.82) is 0 Å². The van der Waals surface area contributed by atoms with Crippen LogP contribution in [0.2, 0.25) is 0 Å². The molecule has 5 nitrogen and oxygen atoms in total. The minimum Gasteiger partial charge on any atom is -0.396 e. The summed E-state index contributed by atoms with van der Waals surface area (Å²) in [5.41, 5.74) is 2.17. The van der Waals surface area contributed by atoms with Crippen molar-refractivity contribution in [2.75, 3.05) is 36.5 Å². The van der Waals surface area contributed by atoms with Crippen molar-refractivity contribution in [3.63, 3.8) is 0 Å². The predicted octanol–water partition coefficient (Wildman–Crippen LogP) is 2.76. The van der Waals surface area contributed by atoms with E-state index in [4.69, 9.17) is 0 Å². The van der Waals surface area contributed by atoms with Crippen molar-refractivity contribution in [3.8, 4) is 0 Å². The third-order valence-corrected chi connectivity index (χ3v) is 5.53. The molecule has 0 spiro atoms. The molecule has 3 N–H and O–H groups in total. The number of piperidine rings is 1. The van der Waals surface area contributed by atoms with Crippen molar-refractivity contribution >= 4 is 17.3 Å². The summed E-state index contributed by atoms with van der Waals surface area (Å²) in [4.78, 5) is 14.6. The number of nitrogens with one attached hydrogen (secondary N) is 2. The third kappa shape index (κ3) is 5.11. The van der Waals surface area contributed by atoms with E-state index in [2.05, 4.69) is 21.6 Å². The number of nitrogens with zero attached hydrogens (tertiary/aromatic N) is 1. The SMILES string of the molecule is O=C(CNc1ccccc1N1CCC(CO)CC1)NC1CCCCC1. The first-order valence-corrected chi connectivity index (χ1v) is 9.74. The fraction of sp³-hybridized carbons (Fsp3) is 0.650. The highest BCUT2D eigenvalue weighted by atomic mass is 16.3. The summed E-state index contributed by atoms with van der Waals surface area (Å²) in [7, 11) is 0. The molecule has 2 aliphatic rings. The summed E-state index contributed by atoms with van der Waals surface area (Å²) in [6.07, 6.45) is 8.02. The first-order chi connectivity index (χ1) is 12.3.